The van der Waals surface area contributed by atoms with Crippen LogP contribution in [0.1, 0.15) is 32.9 Å². The Hall–Kier alpha value is -1.90. The molecular weight excluding hydrogens is 224 g/mol. The van der Waals surface area contributed by atoms with Crippen LogP contribution in [0.25, 0.3) is 0 Å². The van der Waals surface area contributed by atoms with E-state index in [2.05, 4.69) is 5.10 Å². The first-order chi connectivity index (χ1) is 8.47. The van der Waals surface area contributed by atoms with Crippen molar-refractivity contribution < 1.29 is 4.79 Å². The van der Waals surface area contributed by atoms with Gasteiger partial charge < -0.3 is 0 Å². The lowest BCUT2D eigenvalue weighted by Gasteiger charge is -2.05. The molecule has 0 amide bonds. The van der Waals surface area contributed by atoms with Gasteiger partial charge in [-0.3, -0.25) is 9.48 Å². The molecule has 1 aromatic heterocycles. The van der Waals surface area contributed by atoms with E-state index in [1.165, 1.54) is 5.56 Å². The van der Waals surface area contributed by atoms with E-state index in [9.17, 15) is 4.79 Å². The summed E-state index contributed by atoms with van der Waals surface area (Å²) in [6, 6.07) is 7.81. The Bertz CT molecular complexity index is 597. The molecule has 0 aliphatic carbocycles. The Morgan fingerprint density at radius 1 is 1.17 bits per heavy atom. The Morgan fingerprint density at radius 2 is 1.89 bits per heavy atom. The molecule has 0 unspecified atom stereocenters. The monoisotopic (exact) mass is 242 g/mol. The van der Waals surface area contributed by atoms with E-state index in [1.54, 1.807) is 4.68 Å². The first-order valence-electron chi connectivity index (χ1n) is 6.07. The van der Waals surface area contributed by atoms with E-state index in [4.69, 9.17) is 0 Å². The summed E-state index contributed by atoms with van der Waals surface area (Å²) in [4.78, 5) is 12.2. The fourth-order valence-corrected chi connectivity index (χ4v) is 2.01. The number of rotatable bonds is 3. The molecule has 0 fully saturated rings. The number of aromatic nitrogens is 2. The topological polar surface area (TPSA) is 34.9 Å². The van der Waals surface area contributed by atoms with E-state index >= 15 is 0 Å². The molecule has 0 atom stereocenters. The van der Waals surface area contributed by atoms with Crippen LogP contribution in [0.4, 0.5) is 0 Å². The van der Waals surface area contributed by atoms with Crippen LogP contribution in [0, 0.1) is 20.8 Å². The van der Waals surface area contributed by atoms with E-state index < -0.39 is 0 Å². The van der Waals surface area contributed by atoms with Gasteiger partial charge in [0, 0.05) is 18.3 Å². The van der Waals surface area contributed by atoms with Gasteiger partial charge in [-0.2, -0.15) is 5.10 Å². The van der Waals surface area contributed by atoms with Gasteiger partial charge in [0.2, 0.25) is 0 Å². The maximum absolute atomic E-state index is 12.2. The van der Waals surface area contributed by atoms with Gasteiger partial charge in [-0.25, -0.2) is 0 Å². The summed E-state index contributed by atoms with van der Waals surface area (Å²) < 4.78 is 1.77. The Kier molecular flexibility index (Phi) is 3.32. The van der Waals surface area contributed by atoms with Crippen molar-refractivity contribution in [1.82, 2.24) is 9.78 Å². The molecule has 0 N–H and O–H groups in total. The van der Waals surface area contributed by atoms with Gasteiger partial charge in [0.15, 0.2) is 5.78 Å². The molecule has 94 valence electrons. The minimum atomic E-state index is 0.140. The van der Waals surface area contributed by atoms with Crippen LogP contribution in [0.2, 0.25) is 0 Å². The lowest BCUT2D eigenvalue weighted by molar-refractivity contribution is 0.0990. The van der Waals surface area contributed by atoms with Gasteiger partial charge in [-0.15, -0.1) is 0 Å². The molecule has 1 heterocycles. The van der Waals surface area contributed by atoms with Gasteiger partial charge in [0.05, 0.1) is 12.1 Å². The van der Waals surface area contributed by atoms with Crippen molar-refractivity contribution in [3.05, 3.63) is 52.3 Å². The number of ketones is 1. The van der Waals surface area contributed by atoms with Crippen molar-refractivity contribution in [2.24, 2.45) is 7.05 Å². The van der Waals surface area contributed by atoms with Crippen molar-refractivity contribution in [3.63, 3.8) is 0 Å². The van der Waals surface area contributed by atoms with Crippen LogP contribution >= 0.6 is 0 Å². The van der Waals surface area contributed by atoms with Crippen LogP contribution in [0.15, 0.2) is 24.3 Å². The van der Waals surface area contributed by atoms with Gasteiger partial charge in [-0.1, -0.05) is 12.1 Å². The molecule has 2 aromatic rings. The summed E-state index contributed by atoms with van der Waals surface area (Å²) in [7, 11) is 1.87. The SMILES string of the molecule is Cc1cc(CC(=O)c2ccc(C)c(C)c2)n(C)n1. The van der Waals surface area contributed by atoms with Crippen molar-refractivity contribution in [3.8, 4) is 0 Å². The predicted molar refractivity (Wildman–Crippen MR) is 71.9 cm³/mol. The number of nitrogens with zero attached hydrogens (tertiary/aromatic N) is 2. The highest BCUT2D eigenvalue weighted by molar-refractivity contribution is 5.97. The van der Waals surface area contributed by atoms with Crippen LogP contribution < -0.4 is 0 Å². The van der Waals surface area contributed by atoms with Crippen LogP contribution in [-0.2, 0) is 13.5 Å². The molecule has 3 heteroatoms. The average molecular weight is 242 g/mol. The van der Waals surface area contributed by atoms with Gasteiger partial charge in [-0.05, 0) is 44.0 Å². The first kappa shape index (κ1) is 12.6. The van der Waals surface area contributed by atoms with E-state index in [1.807, 2.05) is 52.1 Å². The van der Waals surface area contributed by atoms with E-state index in [0.29, 0.717) is 6.42 Å². The summed E-state index contributed by atoms with van der Waals surface area (Å²) in [5.41, 5.74) is 5.04. The third kappa shape index (κ3) is 2.50. The zero-order valence-electron chi connectivity index (χ0n) is 11.3. The van der Waals surface area contributed by atoms with Crippen molar-refractivity contribution in [2.45, 2.75) is 27.2 Å². The normalized spacial score (nSPS) is 10.7. The van der Waals surface area contributed by atoms with Gasteiger partial charge in [0.1, 0.15) is 0 Å². The molecule has 0 bridgehead atoms. The molecule has 1 aromatic carbocycles. The maximum Gasteiger partial charge on any atom is 0.168 e. The lowest BCUT2D eigenvalue weighted by atomic mass is 10.0. The second kappa shape index (κ2) is 4.77. The first-order valence-corrected chi connectivity index (χ1v) is 6.07. The summed E-state index contributed by atoms with van der Waals surface area (Å²) in [6.45, 7) is 6.01. The summed E-state index contributed by atoms with van der Waals surface area (Å²) in [5, 5.41) is 4.25. The zero-order chi connectivity index (χ0) is 13.3. The number of benzene rings is 1. The molecule has 2 rings (SSSR count). The fourth-order valence-electron chi connectivity index (χ4n) is 2.01. The molecule has 0 aliphatic heterocycles. The van der Waals surface area contributed by atoms with Crippen molar-refractivity contribution in [2.75, 3.05) is 0 Å². The van der Waals surface area contributed by atoms with Crippen molar-refractivity contribution >= 4 is 5.78 Å². The molecule has 0 aliphatic rings. The minimum absolute atomic E-state index is 0.140. The summed E-state index contributed by atoms with van der Waals surface area (Å²) in [6.07, 6.45) is 0.403. The van der Waals surface area contributed by atoms with Crippen LogP contribution in [0.3, 0.4) is 0 Å². The lowest BCUT2D eigenvalue weighted by Crippen LogP contribution is -2.08. The smallest absolute Gasteiger partial charge is 0.168 e. The third-order valence-corrected chi connectivity index (χ3v) is 3.27. The van der Waals surface area contributed by atoms with Gasteiger partial charge in [0.25, 0.3) is 0 Å². The van der Waals surface area contributed by atoms with E-state index in [-0.39, 0.29) is 5.78 Å². The number of Topliss-reactive ketones (excluding diaryl/α,β-unsaturated/α-hetero) is 1. The number of hydrogen-bond acceptors (Lipinski definition) is 2. The van der Waals surface area contributed by atoms with Gasteiger partial charge >= 0.3 is 0 Å². The maximum atomic E-state index is 12.2. The number of carbonyl (C=O) groups excluding carboxylic acids is 1. The van der Waals surface area contributed by atoms with Crippen LogP contribution in [0.5, 0.6) is 0 Å². The Morgan fingerprint density at radius 3 is 2.44 bits per heavy atom. The number of carbonyl (C=O) groups is 1. The minimum Gasteiger partial charge on any atom is -0.294 e. The largest absolute Gasteiger partial charge is 0.294 e. The Balaban J connectivity index is 2.22. The Labute approximate surface area is 107 Å². The molecule has 0 radical (unpaired) electrons. The summed E-state index contributed by atoms with van der Waals surface area (Å²) in [5.74, 6) is 0.140. The number of aryl methyl sites for hydroxylation is 4. The highest BCUT2D eigenvalue weighted by atomic mass is 16.1. The average Bonchev–Trinajstić information content (AvgIpc) is 2.61. The highest BCUT2D eigenvalue weighted by Gasteiger charge is 2.11. The number of hydrogen-bond donors (Lipinski definition) is 0. The predicted octanol–water partition coefficient (Wildman–Crippen LogP) is 2.77. The molecule has 0 saturated heterocycles. The van der Waals surface area contributed by atoms with E-state index in [0.717, 1.165) is 22.5 Å². The van der Waals surface area contributed by atoms with Crippen molar-refractivity contribution in [1.29, 1.82) is 0 Å². The molecule has 0 spiro atoms. The molecular formula is C15H18N2O. The summed E-state index contributed by atoms with van der Waals surface area (Å²) >= 11 is 0. The van der Waals surface area contributed by atoms with Crippen LogP contribution in [-0.4, -0.2) is 15.6 Å². The molecule has 3 nitrogen and oxygen atoms in total. The fraction of sp³-hybridized carbons (Fsp3) is 0.333. The molecule has 18 heavy (non-hydrogen) atoms. The molecule has 0 saturated carbocycles. The highest BCUT2D eigenvalue weighted by Crippen LogP contribution is 2.13. The zero-order valence-corrected chi connectivity index (χ0v) is 11.3. The standard InChI is InChI=1S/C15H18N2O/c1-10-5-6-13(7-11(10)2)15(18)9-14-8-12(3)16-17(14)4/h5-8H,9H2,1-4H3. The third-order valence-electron chi connectivity index (χ3n) is 3.27. The quantitative estimate of drug-likeness (QED) is 0.776. The second-order valence-corrected chi connectivity index (χ2v) is 4.80. The second-order valence-electron chi connectivity index (χ2n) is 4.80.